The van der Waals surface area contributed by atoms with Crippen LogP contribution in [0, 0.1) is 0 Å². The largest absolute Gasteiger partial charge is 0.361 e. The molecule has 2 aromatic carbocycles. The molecule has 0 aliphatic rings. The molecule has 0 aliphatic carbocycles. The van der Waals surface area contributed by atoms with Gasteiger partial charge < -0.3 is 9.55 Å². The van der Waals surface area contributed by atoms with Crippen LogP contribution in [0.15, 0.2) is 83.9 Å². The van der Waals surface area contributed by atoms with Gasteiger partial charge >= 0.3 is 0 Å². The zero-order valence-corrected chi connectivity index (χ0v) is 16.1. The molecule has 0 unspecified atom stereocenters. The molecule has 2 aromatic heterocycles. The van der Waals surface area contributed by atoms with Gasteiger partial charge in [-0.1, -0.05) is 48.5 Å². The van der Waals surface area contributed by atoms with Crippen LogP contribution in [-0.4, -0.2) is 21.4 Å². The lowest BCUT2D eigenvalue weighted by molar-refractivity contribution is -0.121. The van der Waals surface area contributed by atoms with Crippen molar-refractivity contribution >= 4 is 22.7 Å². The number of aromatic nitrogens is 2. The lowest BCUT2D eigenvalue weighted by Crippen LogP contribution is -2.44. The second kappa shape index (κ2) is 8.48. The van der Waals surface area contributed by atoms with Crippen LogP contribution in [0.1, 0.15) is 21.5 Å². The molecule has 7 heteroatoms. The van der Waals surface area contributed by atoms with Crippen molar-refractivity contribution in [1.29, 1.82) is 0 Å². The number of hydrogen-bond acceptors (Lipinski definition) is 3. The van der Waals surface area contributed by atoms with Gasteiger partial charge in [-0.15, -0.1) is 0 Å². The Balaban J connectivity index is 1.41. The summed E-state index contributed by atoms with van der Waals surface area (Å²) in [5, 5.41) is 0.950. The third-order valence-corrected chi connectivity index (χ3v) is 4.80. The molecule has 2 heterocycles. The summed E-state index contributed by atoms with van der Waals surface area (Å²) in [4.78, 5) is 40.5. The van der Waals surface area contributed by atoms with E-state index in [4.69, 9.17) is 0 Å². The molecule has 0 atom stereocenters. The van der Waals surface area contributed by atoms with E-state index in [0.717, 1.165) is 22.0 Å². The van der Waals surface area contributed by atoms with E-state index in [9.17, 15) is 14.4 Å². The highest BCUT2D eigenvalue weighted by molar-refractivity contribution is 5.95. The predicted octanol–water partition coefficient (Wildman–Crippen LogP) is 2.38. The maximum atomic E-state index is 12.6. The number of nitrogens with one attached hydrogen (secondary N) is 3. The zero-order valence-electron chi connectivity index (χ0n) is 16.1. The Morgan fingerprint density at radius 3 is 2.50 bits per heavy atom. The first kappa shape index (κ1) is 19.2. The second-order valence-corrected chi connectivity index (χ2v) is 6.88. The van der Waals surface area contributed by atoms with Crippen LogP contribution in [0.2, 0.25) is 0 Å². The van der Waals surface area contributed by atoms with Crippen molar-refractivity contribution in [2.24, 2.45) is 0 Å². The fourth-order valence-electron chi connectivity index (χ4n) is 3.30. The van der Waals surface area contributed by atoms with E-state index in [1.165, 1.54) is 10.6 Å². The van der Waals surface area contributed by atoms with Crippen molar-refractivity contribution in [2.75, 3.05) is 0 Å². The summed E-state index contributed by atoms with van der Waals surface area (Å²) in [6, 6.07) is 20.2. The van der Waals surface area contributed by atoms with Crippen LogP contribution < -0.4 is 16.4 Å². The first-order chi connectivity index (χ1) is 14.6. The quantitative estimate of drug-likeness (QED) is 0.449. The Morgan fingerprint density at radius 1 is 0.900 bits per heavy atom. The van der Waals surface area contributed by atoms with E-state index >= 15 is 0 Å². The molecule has 3 N–H and O–H groups in total. The highest BCUT2D eigenvalue weighted by Crippen LogP contribution is 2.17. The summed E-state index contributed by atoms with van der Waals surface area (Å²) in [5.74, 6) is -1.04. The number of fused-ring (bicyclic) bond motifs is 1. The smallest absolute Gasteiger partial charge is 0.275 e. The van der Waals surface area contributed by atoms with Crippen LogP contribution in [-0.2, 0) is 17.8 Å². The summed E-state index contributed by atoms with van der Waals surface area (Å²) in [7, 11) is 0. The van der Waals surface area contributed by atoms with Gasteiger partial charge in [0.05, 0.1) is 13.0 Å². The highest BCUT2D eigenvalue weighted by Gasteiger charge is 2.14. The predicted molar refractivity (Wildman–Crippen MR) is 114 cm³/mol. The number of pyridine rings is 1. The average molecular weight is 400 g/mol. The van der Waals surface area contributed by atoms with Crippen molar-refractivity contribution < 1.29 is 9.59 Å². The minimum absolute atomic E-state index is 0.0409. The molecule has 0 aliphatic heterocycles. The summed E-state index contributed by atoms with van der Waals surface area (Å²) >= 11 is 0. The molecular weight excluding hydrogens is 380 g/mol. The number of carbonyl (C=O) groups is 2. The van der Waals surface area contributed by atoms with Gasteiger partial charge in [0, 0.05) is 23.3 Å². The van der Waals surface area contributed by atoms with Gasteiger partial charge in [0.1, 0.15) is 5.56 Å². The van der Waals surface area contributed by atoms with Gasteiger partial charge in [-0.2, -0.15) is 0 Å². The molecule has 4 aromatic rings. The Bertz CT molecular complexity index is 1260. The van der Waals surface area contributed by atoms with E-state index in [2.05, 4.69) is 15.8 Å². The van der Waals surface area contributed by atoms with Crippen LogP contribution >= 0.6 is 0 Å². The number of hydrazine groups is 1. The van der Waals surface area contributed by atoms with Crippen LogP contribution in [0.4, 0.5) is 0 Å². The van der Waals surface area contributed by atoms with E-state index in [1.807, 2.05) is 54.6 Å². The molecule has 0 spiro atoms. The molecule has 2 amide bonds. The topological polar surface area (TPSA) is 96.0 Å². The number of nitrogens with zero attached hydrogens (tertiary/aromatic N) is 1. The Morgan fingerprint density at radius 2 is 1.67 bits per heavy atom. The van der Waals surface area contributed by atoms with E-state index in [1.54, 1.807) is 18.5 Å². The van der Waals surface area contributed by atoms with E-state index in [0.29, 0.717) is 6.54 Å². The molecule has 4 rings (SSSR count). The molecule has 0 saturated carbocycles. The van der Waals surface area contributed by atoms with Crippen LogP contribution in [0.25, 0.3) is 10.9 Å². The molecule has 0 bridgehead atoms. The van der Waals surface area contributed by atoms with Crippen molar-refractivity contribution in [3.63, 3.8) is 0 Å². The van der Waals surface area contributed by atoms with E-state index < -0.39 is 11.5 Å². The third kappa shape index (κ3) is 4.15. The number of rotatable bonds is 5. The Hall–Kier alpha value is -4.13. The molecule has 30 heavy (non-hydrogen) atoms. The minimum Gasteiger partial charge on any atom is -0.361 e. The van der Waals surface area contributed by atoms with E-state index in [-0.39, 0.29) is 17.9 Å². The zero-order chi connectivity index (χ0) is 20.9. The molecule has 0 saturated heterocycles. The van der Waals surface area contributed by atoms with Gasteiger partial charge in [0.15, 0.2) is 0 Å². The van der Waals surface area contributed by atoms with Crippen molar-refractivity contribution in [3.8, 4) is 0 Å². The summed E-state index contributed by atoms with van der Waals surface area (Å²) in [6.45, 7) is 0.355. The molecule has 150 valence electrons. The van der Waals surface area contributed by atoms with Gasteiger partial charge in [0.25, 0.3) is 11.5 Å². The number of H-pyrrole nitrogens is 1. The lowest BCUT2D eigenvalue weighted by Gasteiger charge is -2.10. The Labute approximate surface area is 172 Å². The minimum atomic E-state index is -0.658. The summed E-state index contributed by atoms with van der Waals surface area (Å²) in [5.41, 5.74) is 6.95. The maximum absolute atomic E-state index is 12.6. The number of aromatic amines is 1. The average Bonchev–Trinajstić information content (AvgIpc) is 3.17. The highest BCUT2D eigenvalue weighted by atomic mass is 16.2. The third-order valence-electron chi connectivity index (χ3n) is 4.80. The number of hydrogen-bond donors (Lipinski definition) is 3. The van der Waals surface area contributed by atoms with Gasteiger partial charge in [-0.25, -0.2) is 0 Å². The van der Waals surface area contributed by atoms with Crippen LogP contribution in [0.3, 0.4) is 0 Å². The van der Waals surface area contributed by atoms with Gasteiger partial charge in [-0.3, -0.25) is 25.2 Å². The second-order valence-electron chi connectivity index (χ2n) is 6.88. The molecule has 7 nitrogen and oxygen atoms in total. The van der Waals surface area contributed by atoms with Crippen molar-refractivity contribution in [3.05, 3.63) is 106 Å². The first-order valence-corrected chi connectivity index (χ1v) is 9.49. The Kier molecular flexibility index (Phi) is 5.43. The molecular formula is C23H20N4O3. The van der Waals surface area contributed by atoms with Crippen molar-refractivity contribution in [1.82, 2.24) is 20.4 Å². The number of amides is 2. The maximum Gasteiger partial charge on any atom is 0.275 e. The SMILES string of the molecule is O=C(Cc1c[nH]c2ccccc12)NNC(=O)c1cccn(Cc2ccccc2)c1=O. The summed E-state index contributed by atoms with van der Waals surface area (Å²) < 4.78 is 1.46. The summed E-state index contributed by atoms with van der Waals surface area (Å²) in [6.07, 6.45) is 3.49. The normalized spacial score (nSPS) is 10.7. The standard InChI is InChI=1S/C23H20N4O3/c28-21(13-17-14-24-20-11-5-4-9-18(17)20)25-26-22(29)19-10-6-12-27(23(19)30)15-16-7-2-1-3-8-16/h1-12,14,24H,13,15H2,(H,25,28)(H,26,29). The fraction of sp³-hybridized carbons (Fsp3) is 0.0870. The number of carbonyl (C=O) groups excluding carboxylic acids is 2. The number of benzene rings is 2. The fourth-order valence-corrected chi connectivity index (χ4v) is 3.30. The molecule has 0 radical (unpaired) electrons. The van der Waals surface area contributed by atoms with Crippen LogP contribution in [0.5, 0.6) is 0 Å². The first-order valence-electron chi connectivity index (χ1n) is 9.49. The van der Waals surface area contributed by atoms with Crippen molar-refractivity contribution in [2.45, 2.75) is 13.0 Å². The molecule has 0 fully saturated rings. The van der Waals surface area contributed by atoms with Gasteiger partial charge in [0.2, 0.25) is 5.91 Å². The lowest BCUT2D eigenvalue weighted by atomic mass is 10.1. The van der Waals surface area contributed by atoms with Gasteiger partial charge in [-0.05, 0) is 29.3 Å². The number of para-hydroxylation sites is 1. The monoisotopic (exact) mass is 400 g/mol.